The first-order valence-corrected chi connectivity index (χ1v) is 10.1. The first-order chi connectivity index (χ1) is 12.7. The predicted molar refractivity (Wildman–Crippen MR) is 102 cm³/mol. The lowest BCUT2D eigenvalue weighted by Crippen LogP contribution is -2.24. The van der Waals surface area contributed by atoms with E-state index in [0.29, 0.717) is 29.8 Å². The second-order valence-electron chi connectivity index (χ2n) is 6.60. The van der Waals surface area contributed by atoms with Crippen molar-refractivity contribution in [1.29, 1.82) is 0 Å². The molecule has 0 radical (unpaired) electrons. The number of nitrogens with zero attached hydrogens (tertiary/aromatic N) is 1. The van der Waals surface area contributed by atoms with E-state index in [-0.39, 0.29) is 16.7 Å². The van der Waals surface area contributed by atoms with E-state index < -0.39 is 10.0 Å². The fourth-order valence-electron chi connectivity index (χ4n) is 3.09. The number of aryl methyl sites for hydroxylation is 1. The molecule has 1 aliphatic heterocycles. The number of carbonyl (C=O) groups is 2. The second kappa shape index (κ2) is 7.50. The molecule has 2 amide bonds. The van der Waals surface area contributed by atoms with Crippen LogP contribution in [0.1, 0.15) is 34.3 Å². The minimum Gasteiger partial charge on any atom is -0.338 e. The third-order valence-corrected chi connectivity index (χ3v) is 5.54. The van der Waals surface area contributed by atoms with E-state index in [1.54, 1.807) is 42.2 Å². The van der Waals surface area contributed by atoms with Crippen molar-refractivity contribution in [2.24, 2.45) is 5.14 Å². The van der Waals surface area contributed by atoms with Crippen LogP contribution in [0.4, 0.5) is 5.69 Å². The zero-order valence-electron chi connectivity index (χ0n) is 14.9. The van der Waals surface area contributed by atoms with Gasteiger partial charge < -0.3 is 10.2 Å². The number of nitrogens with one attached hydrogen (secondary N) is 1. The van der Waals surface area contributed by atoms with Crippen molar-refractivity contribution in [2.45, 2.75) is 31.2 Å². The monoisotopic (exact) mass is 387 g/mol. The van der Waals surface area contributed by atoms with E-state index in [4.69, 9.17) is 5.14 Å². The topological polar surface area (TPSA) is 110 Å². The lowest BCUT2D eigenvalue weighted by molar-refractivity contribution is -0.128. The molecule has 0 unspecified atom stereocenters. The Morgan fingerprint density at radius 1 is 1.22 bits per heavy atom. The van der Waals surface area contributed by atoms with Gasteiger partial charge in [-0.05, 0) is 48.7 Å². The summed E-state index contributed by atoms with van der Waals surface area (Å²) < 4.78 is 23.3. The van der Waals surface area contributed by atoms with Gasteiger partial charge >= 0.3 is 0 Å². The van der Waals surface area contributed by atoms with Crippen molar-refractivity contribution in [3.63, 3.8) is 0 Å². The van der Waals surface area contributed by atoms with Crippen molar-refractivity contribution in [3.05, 3.63) is 59.2 Å². The van der Waals surface area contributed by atoms with Gasteiger partial charge in [0.15, 0.2) is 0 Å². The molecular weight excluding hydrogens is 366 g/mol. The maximum atomic E-state index is 12.5. The fraction of sp³-hybridized carbons (Fsp3) is 0.263. The van der Waals surface area contributed by atoms with E-state index in [1.165, 1.54) is 6.07 Å². The number of hydrogen-bond acceptors (Lipinski definition) is 4. The van der Waals surface area contributed by atoms with Crippen LogP contribution in [0.15, 0.2) is 47.4 Å². The number of amides is 2. The zero-order valence-corrected chi connectivity index (χ0v) is 15.8. The summed E-state index contributed by atoms with van der Waals surface area (Å²) in [7, 11) is -3.87. The molecule has 1 saturated heterocycles. The Bertz CT molecular complexity index is 1000. The van der Waals surface area contributed by atoms with Crippen molar-refractivity contribution in [2.75, 3.05) is 11.9 Å². The molecule has 3 rings (SSSR count). The first-order valence-electron chi connectivity index (χ1n) is 8.55. The molecule has 2 aromatic carbocycles. The molecule has 1 aliphatic rings. The molecule has 8 heteroatoms. The van der Waals surface area contributed by atoms with Crippen molar-refractivity contribution < 1.29 is 18.0 Å². The predicted octanol–water partition coefficient (Wildman–Crippen LogP) is 2.02. The number of sulfonamides is 1. The highest BCUT2D eigenvalue weighted by Crippen LogP contribution is 2.20. The molecule has 1 fully saturated rings. The molecule has 0 spiro atoms. The number of carbonyl (C=O) groups excluding carboxylic acids is 2. The number of nitrogens with two attached hydrogens (primary N) is 1. The number of benzene rings is 2. The highest BCUT2D eigenvalue weighted by Gasteiger charge is 2.20. The smallest absolute Gasteiger partial charge is 0.255 e. The Hall–Kier alpha value is -2.71. The van der Waals surface area contributed by atoms with Gasteiger partial charge in [-0.25, -0.2) is 13.6 Å². The molecular formula is C19H21N3O4S. The number of primary sulfonamides is 1. The van der Waals surface area contributed by atoms with Crippen molar-refractivity contribution >= 4 is 27.5 Å². The molecule has 2 aromatic rings. The van der Waals surface area contributed by atoms with Crippen molar-refractivity contribution in [1.82, 2.24) is 4.90 Å². The Balaban J connectivity index is 1.77. The molecule has 0 atom stereocenters. The highest BCUT2D eigenvalue weighted by molar-refractivity contribution is 7.89. The zero-order chi connectivity index (χ0) is 19.6. The van der Waals surface area contributed by atoms with Gasteiger partial charge in [0.2, 0.25) is 15.9 Å². The largest absolute Gasteiger partial charge is 0.338 e. The van der Waals surface area contributed by atoms with Crippen LogP contribution in [0.25, 0.3) is 0 Å². The molecule has 1 heterocycles. The lowest BCUT2D eigenvalue weighted by Gasteiger charge is -2.16. The molecule has 142 valence electrons. The number of hydrogen-bond donors (Lipinski definition) is 2. The summed E-state index contributed by atoms with van der Waals surface area (Å²) in [5.41, 5.74) is 2.14. The van der Waals surface area contributed by atoms with Crippen LogP contribution in [-0.2, 0) is 21.4 Å². The second-order valence-corrected chi connectivity index (χ2v) is 8.13. The standard InChI is InChI=1S/C19H21N3O4S/c1-13-7-8-16(11-17(13)27(20,25)26)21-19(24)15-5-2-4-14(10-15)12-22-9-3-6-18(22)23/h2,4-5,7-8,10-11H,3,6,9,12H2,1H3,(H,21,24)(H2,20,25,26). The van der Waals surface area contributed by atoms with E-state index in [0.717, 1.165) is 18.5 Å². The molecule has 0 aromatic heterocycles. The summed E-state index contributed by atoms with van der Waals surface area (Å²) in [5, 5.41) is 7.89. The van der Waals surface area contributed by atoms with E-state index in [1.807, 2.05) is 6.07 Å². The quantitative estimate of drug-likeness (QED) is 0.818. The average molecular weight is 387 g/mol. The van der Waals surface area contributed by atoms with Crippen LogP contribution in [0, 0.1) is 6.92 Å². The molecule has 27 heavy (non-hydrogen) atoms. The summed E-state index contributed by atoms with van der Waals surface area (Å²) in [6.45, 7) is 2.84. The summed E-state index contributed by atoms with van der Waals surface area (Å²) >= 11 is 0. The fourth-order valence-corrected chi connectivity index (χ4v) is 3.90. The van der Waals surface area contributed by atoms with E-state index >= 15 is 0 Å². The normalized spacial score (nSPS) is 14.4. The van der Waals surface area contributed by atoms with Crippen LogP contribution >= 0.6 is 0 Å². The van der Waals surface area contributed by atoms with Gasteiger partial charge in [0.05, 0.1) is 4.90 Å². The van der Waals surface area contributed by atoms with E-state index in [9.17, 15) is 18.0 Å². The summed E-state index contributed by atoms with van der Waals surface area (Å²) in [4.78, 5) is 26.1. The maximum Gasteiger partial charge on any atom is 0.255 e. The molecule has 3 N–H and O–H groups in total. The van der Waals surface area contributed by atoms with Gasteiger partial charge in [0.25, 0.3) is 5.91 Å². The number of rotatable bonds is 5. The third-order valence-electron chi connectivity index (χ3n) is 4.49. The van der Waals surface area contributed by atoms with Gasteiger partial charge in [0.1, 0.15) is 0 Å². The van der Waals surface area contributed by atoms with Crippen LogP contribution < -0.4 is 10.5 Å². The van der Waals surface area contributed by atoms with Crippen LogP contribution in [0.2, 0.25) is 0 Å². The van der Waals surface area contributed by atoms with E-state index in [2.05, 4.69) is 5.32 Å². The minimum atomic E-state index is -3.87. The molecule has 0 saturated carbocycles. The average Bonchev–Trinajstić information content (AvgIpc) is 3.00. The lowest BCUT2D eigenvalue weighted by atomic mass is 10.1. The van der Waals surface area contributed by atoms with Crippen LogP contribution in [-0.4, -0.2) is 31.7 Å². The minimum absolute atomic E-state index is 0.0263. The molecule has 7 nitrogen and oxygen atoms in total. The molecule has 0 aliphatic carbocycles. The summed E-state index contributed by atoms with van der Waals surface area (Å²) in [5.74, 6) is -0.242. The SMILES string of the molecule is Cc1ccc(NC(=O)c2cccc(CN3CCCC3=O)c2)cc1S(N)(=O)=O. The highest BCUT2D eigenvalue weighted by atomic mass is 32.2. The Kier molecular flexibility index (Phi) is 5.29. The Labute approximate surface area is 158 Å². The van der Waals surface area contributed by atoms with Gasteiger partial charge in [-0.1, -0.05) is 18.2 Å². The first kappa shape index (κ1) is 19.1. The summed E-state index contributed by atoms with van der Waals surface area (Å²) in [6, 6.07) is 11.6. The Morgan fingerprint density at radius 2 is 2.00 bits per heavy atom. The van der Waals surface area contributed by atoms with Crippen LogP contribution in [0.5, 0.6) is 0 Å². The van der Waals surface area contributed by atoms with Gasteiger partial charge in [0, 0.05) is 30.8 Å². The number of anilines is 1. The van der Waals surface area contributed by atoms with Gasteiger partial charge in [-0.3, -0.25) is 9.59 Å². The third kappa shape index (κ3) is 4.53. The van der Waals surface area contributed by atoms with Crippen molar-refractivity contribution in [3.8, 4) is 0 Å². The van der Waals surface area contributed by atoms with Gasteiger partial charge in [-0.15, -0.1) is 0 Å². The summed E-state index contributed by atoms with van der Waals surface area (Å²) in [6.07, 6.45) is 1.43. The maximum absolute atomic E-state index is 12.5. The molecule has 0 bridgehead atoms. The van der Waals surface area contributed by atoms with Gasteiger partial charge in [-0.2, -0.15) is 0 Å². The van der Waals surface area contributed by atoms with Crippen LogP contribution in [0.3, 0.4) is 0 Å². The number of likely N-dealkylation sites (tertiary alicyclic amines) is 1. The Morgan fingerprint density at radius 3 is 2.67 bits per heavy atom.